The number of aliphatic carboxylic acids is 1. The van der Waals surface area contributed by atoms with Crippen LogP contribution in [0.1, 0.15) is 87.3 Å². The number of esters is 1. The summed E-state index contributed by atoms with van der Waals surface area (Å²) in [5.41, 5.74) is 2.30. The van der Waals surface area contributed by atoms with Gasteiger partial charge in [-0.25, -0.2) is 0 Å². The second-order valence-corrected chi connectivity index (χ2v) is 19.1. The number of fused-ring (bicyclic) bond motifs is 1. The number of aromatic nitrogens is 1. The van der Waals surface area contributed by atoms with E-state index in [0.29, 0.717) is 45.0 Å². The molecular formula is C42H59ClN6O8S2. The van der Waals surface area contributed by atoms with E-state index in [0.717, 1.165) is 88.2 Å². The van der Waals surface area contributed by atoms with Gasteiger partial charge in [0.2, 0.25) is 0 Å². The highest BCUT2D eigenvalue weighted by molar-refractivity contribution is 7.99. The molecule has 1 aromatic heterocycles. The van der Waals surface area contributed by atoms with Crippen LogP contribution in [-0.4, -0.2) is 124 Å². The number of carboxylic acid groups (broad SMARTS) is 1. The van der Waals surface area contributed by atoms with Crippen molar-refractivity contribution in [2.75, 3.05) is 66.6 Å². The zero-order chi connectivity index (χ0) is 43.2. The van der Waals surface area contributed by atoms with Crippen molar-refractivity contribution in [1.29, 1.82) is 0 Å². The number of carbonyl (C=O) groups is 3. The maximum absolute atomic E-state index is 13.5. The molecule has 0 radical (unpaired) electrons. The molecule has 0 amide bonds. The van der Waals surface area contributed by atoms with Crippen LogP contribution in [0.4, 0.5) is 0 Å². The summed E-state index contributed by atoms with van der Waals surface area (Å²) in [4.78, 5) is 66.2. The van der Waals surface area contributed by atoms with Gasteiger partial charge in [-0.3, -0.25) is 23.9 Å². The van der Waals surface area contributed by atoms with Crippen LogP contribution in [0.5, 0.6) is 5.75 Å². The predicted octanol–water partition coefficient (Wildman–Crippen LogP) is 8.49. The highest BCUT2D eigenvalue weighted by Gasteiger charge is 2.36. The zero-order valence-corrected chi connectivity index (χ0v) is 37.5. The Balaban J connectivity index is 0.000000378. The van der Waals surface area contributed by atoms with Gasteiger partial charge in [0.05, 0.1) is 30.3 Å². The number of methoxy groups -OCH3 is 1. The van der Waals surface area contributed by atoms with E-state index >= 15 is 0 Å². The van der Waals surface area contributed by atoms with E-state index in [-0.39, 0.29) is 36.8 Å². The fourth-order valence-electron chi connectivity index (χ4n) is 8.09. The van der Waals surface area contributed by atoms with Gasteiger partial charge in [0, 0.05) is 85.1 Å². The van der Waals surface area contributed by atoms with Gasteiger partial charge in [-0.1, -0.05) is 37.8 Å². The SMILES string of the molecule is CCN(C)C1CCN(CC(C)(C)SN=O)CC1.COc1ccc2c(c1)c(CC(=O)OCCN(CC(=O)O)CC1(SN=O)CCCCC1)c(C)n2C(=O)c1ccc(Cl)cc1. The monoisotopic (exact) mass is 874 g/mol. The number of likely N-dealkylation sites (tertiary alicyclic amines) is 1. The second kappa shape index (κ2) is 22.9. The Morgan fingerprint density at radius 3 is 2.31 bits per heavy atom. The number of hydrogen-bond acceptors (Lipinski definition) is 14. The first-order valence-corrected chi connectivity index (χ1v) is 22.1. The number of nitrogens with zero attached hydrogens (tertiary/aromatic N) is 6. The highest BCUT2D eigenvalue weighted by atomic mass is 35.5. The van der Waals surface area contributed by atoms with Gasteiger partial charge in [-0.15, -0.1) is 9.81 Å². The lowest BCUT2D eigenvalue weighted by molar-refractivity contribution is -0.143. The van der Waals surface area contributed by atoms with E-state index < -0.39 is 16.7 Å². The molecule has 0 unspecified atom stereocenters. The van der Waals surface area contributed by atoms with E-state index in [4.69, 9.17) is 21.1 Å². The van der Waals surface area contributed by atoms with Crippen LogP contribution in [0.3, 0.4) is 0 Å². The highest BCUT2D eigenvalue weighted by Crippen LogP contribution is 2.41. The van der Waals surface area contributed by atoms with E-state index in [1.807, 2.05) is 0 Å². The molecular weight excluding hydrogens is 816 g/mol. The van der Waals surface area contributed by atoms with Gasteiger partial charge in [-0.2, -0.15) is 0 Å². The molecule has 5 rings (SSSR count). The lowest BCUT2D eigenvalue weighted by atomic mass is 9.88. The van der Waals surface area contributed by atoms with Crippen molar-refractivity contribution < 1.29 is 29.0 Å². The van der Waals surface area contributed by atoms with Gasteiger partial charge in [0.15, 0.2) is 0 Å². The molecule has 0 bridgehead atoms. The molecule has 14 nitrogen and oxygen atoms in total. The molecule has 0 atom stereocenters. The molecule has 1 saturated carbocycles. The quantitative estimate of drug-likeness (QED) is 0.0694. The lowest BCUT2D eigenvalue weighted by Crippen LogP contribution is -2.46. The number of carbonyl (C=O) groups excluding carboxylic acids is 2. The molecule has 2 aliphatic rings. The molecule has 2 fully saturated rings. The fourth-order valence-corrected chi connectivity index (χ4v) is 9.53. The number of carboxylic acids is 1. The Labute approximate surface area is 361 Å². The van der Waals surface area contributed by atoms with Crippen molar-refractivity contribution >= 4 is 64.2 Å². The van der Waals surface area contributed by atoms with E-state index in [1.165, 1.54) is 12.8 Å². The van der Waals surface area contributed by atoms with Crippen molar-refractivity contribution in [2.24, 2.45) is 9.16 Å². The molecule has 17 heteroatoms. The average Bonchev–Trinajstić information content (AvgIpc) is 3.47. The van der Waals surface area contributed by atoms with Crippen LogP contribution in [0, 0.1) is 16.7 Å². The topological polar surface area (TPSA) is 163 Å². The number of halogens is 1. The number of ether oxygens (including phenoxy) is 2. The Morgan fingerprint density at radius 1 is 1.03 bits per heavy atom. The molecule has 2 aromatic carbocycles. The fraction of sp³-hybridized carbons (Fsp3) is 0.595. The number of rotatable bonds is 19. The summed E-state index contributed by atoms with van der Waals surface area (Å²) in [5.74, 6) is -1.19. The first-order valence-electron chi connectivity index (χ1n) is 20.2. The summed E-state index contributed by atoms with van der Waals surface area (Å²) in [6.45, 7) is 12.8. The first-order chi connectivity index (χ1) is 28.1. The summed E-state index contributed by atoms with van der Waals surface area (Å²) in [5, 5.41) is 10.7. The third kappa shape index (κ3) is 14.0. The van der Waals surface area contributed by atoms with Gasteiger partial charge >= 0.3 is 11.9 Å². The van der Waals surface area contributed by atoms with Gasteiger partial charge < -0.3 is 24.4 Å². The van der Waals surface area contributed by atoms with Crippen LogP contribution < -0.4 is 4.74 Å². The number of benzene rings is 2. The molecule has 324 valence electrons. The van der Waals surface area contributed by atoms with Gasteiger partial charge in [0.25, 0.3) is 5.91 Å². The lowest BCUT2D eigenvalue weighted by Gasteiger charge is -2.38. The van der Waals surface area contributed by atoms with Crippen molar-refractivity contribution in [1.82, 2.24) is 19.3 Å². The van der Waals surface area contributed by atoms with Crippen LogP contribution in [0.25, 0.3) is 10.9 Å². The maximum atomic E-state index is 13.5. The summed E-state index contributed by atoms with van der Waals surface area (Å²) < 4.78 is 18.1. The standard InChI is InChI=1S/C30H34ClN3O7S.C12H25N3OS/c1-20-24(25-16-23(40-2)10-11-26(25)34(20)29(38)21-6-8-22(31)9-7-21)17-28(37)41-15-14-33(18-27(35)36)19-30(42-32-39)12-4-3-5-13-30;1-5-14(4)11-6-8-15(9-7-11)10-12(2,3)17-13-16/h6-11,16H,3-5,12-15,17-19H2,1-2H3,(H,35,36);11H,5-10H2,1-4H3. The number of piperidine rings is 1. The molecule has 0 spiro atoms. The predicted molar refractivity (Wildman–Crippen MR) is 238 cm³/mol. The van der Waals surface area contributed by atoms with E-state index in [1.54, 1.807) is 66.0 Å². The van der Waals surface area contributed by atoms with Crippen molar-refractivity contribution in [2.45, 2.75) is 94.6 Å². The Bertz CT molecular complexity index is 1880. The van der Waals surface area contributed by atoms with Crippen molar-refractivity contribution in [3.8, 4) is 5.75 Å². The third-order valence-corrected chi connectivity index (χ3v) is 13.2. The normalized spacial score (nSPS) is 16.1. The minimum Gasteiger partial charge on any atom is -0.497 e. The molecule has 1 saturated heterocycles. The van der Waals surface area contributed by atoms with Gasteiger partial charge in [-0.05, 0) is 121 Å². The van der Waals surface area contributed by atoms with Gasteiger partial charge in [0.1, 0.15) is 12.4 Å². The van der Waals surface area contributed by atoms with Crippen molar-refractivity contribution in [3.05, 3.63) is 74.1 Å². The maximum Gasteiger partial charge on any atom is 0.317 e. The average molecular weight is 876 g/mol. The summed E-state index contributed by atoms with van der Waals surface area (Å²) in [6.07, 6.45) is 6.92. The Hall–Kier alpha value is -3.54. The largest absolute Gasteiger partial charge is 0.497 e. The number of nitroso groups, excluding NO2 is 2. The van der Waals surface area contributed by atoms with Crippen LogP contribution >= 0.6 is 35.5 Å². The zero-order valence-electron chi connectivity index (χ0n) is 35.1. The van der Waals surface area contributed by atoms with E-state index in [2.05, 4.69) is 46.8 Å². The molecule has 3 aromatic rings. The second-order valence-electron chi connectivity index (χ2n) is 16.0. The number of hydrogen-bond donors (Lipinski definition) is 1. The first kappa shape index (κ1) is 48.1. The summed E-state index contributed by atoms with van der Waals surface area (Å²) in [7, 11) is 3.75. The minimum absolute atomic E-state index is 0.0217. The summed E-state index contributed by atoms with van der Waals surface area (Å²) >= 11 is 8.15. The molecule has 2 heterocycles. The minimum atomic E-state index is -1.00. The molecule has 1 aliphatic heterocycles. The van der Waals surface area contributed by atoms with Crippen LogP contribution in [0.15, 0.2) is 51.6 Å². The van der Waals surface area contributed by atoms with E-state index in [9.17, 15) is 29.3 Å². The molecule has 59 heavy (non-hydrogen) atoms. The third-order valence-electron chi connectivity index (χ3n) is 11.3. The van der Waals surface area contributed by atoms with Crippen LogP contribution in [-0.2, 0) is 20.7 Å². The molecule has 1 N–H and O–H groups in total. The Morgan fingerprint density at radius 2 is 1.71 bits per heavy atom. The summed E-state index contributed by atoms with van der Waals surface area (Å²) in [6, 6.07) is 12.6. The smallest absolute Gasteiger partial charge is 0.317 e. The van der Waals surface area contributed by atoms with Crippen LogP contribution in [0.2, 0.25) is 5.02 Å². The Kier molecular flexibility index (Phi) is 18.7. The van der Waals surface area contributed by atoms with Crippen molar-refractivity contribution in [3.63, 3.8) is 0 Å². The molecule has 1 aliphatic carbocycles.